The molecule has 6 nitrogen and oxygen atoms in total. The fourth-order valence-corrected chi connectivity index (χ4v) is 4.20. The van der Waals surface area contributed by atoms with E-state index in [-0.39, 0.29) is 30.3 Å². The van der Waals surface area contributed by atoms with E-state index < -0.39 is 6.04 Å². The van der Waals surface area contributed by atoms with Crippen molar-refractivity contribution in [3.63, 3.8) is 0 Å². The van der Waals surface area contributed by atoms with E-state index in [2.05, 4.69) is 10.6 Å². The van der Waals surface area contributed by atoms with Crippen molar-refractivity contribution < 1.29 is 14.4 Å². The van der Waals surface area contributed by atoms with Crippen molar-refractivity contribution in [3.8, 4) is 0 Å². The Hall–Kier alpha value is -2.41. The molecule has 2 atom stereocenters. The van der Waals surface area contributed by atoms with Crippen LogP contribution in [0.4, 0.5) is 0 Å². The van der Waals surface area contributed by atoms with Crippen molar-refractivity contribution in [1.29, 1.82) is 0 Å². The van der Waals surface area contributed by atoms with E-state index in [1.54, 1.807) is 4.90 Å². The first-order valence-corrected chi connectivity index (χ1v) is 8.36. The highest BCUT2D eigenvalue weighted by Crippen LogP contribution is 2.26. The molecule has 2 aromatic rings. The van der Waals surface area contributed by atoms with Crippen molar-refractivity contribution in [2.45, 2.75) is 18.5 Å². The van der Waals surface area contributed by atoms with E-state index in [4.69, 9.17) is 0 Å². The fourth-order valence-electron chi connectivity index (χ4n) is 3.26. The molecule has 0 saturated carbocycles. The summed E-state index contributed by atoms with van der Waals surface area (Å²) in [7, 11) is 0. The third kappa shape index (κ3) is 2.37. The summed E-state index contributed by atoms with van der Waals surface area (Å²) in [6.45, 7) is 0.440. The van der Waals surface area contributed by atoms with Crippen LogP contribution < -0.4 is 10.6 Å². The quantitative estimate of drug-likeness (QED) is 0.853. The molecule has 2 saturated heterocycles. The SMILES string of the molecule is O=C(N[C@@H]1C[C@H]2C(=O)NCC(=O)N2C1)c1csc2ccccc12. The average Bonchev–Trinajstić information content (AvgIpc) is 3.15. The van der Waals surface area contributed by atoms with Crippen LogP contribution >= 0.6 is 11.3 Å². The van der Waals surface area contributed by atoms with Gasteiger partial charge in [0.1, 0.15) is 6.04 Å². The topological polar surface area (TPSA) is 78.5 Å². The fraction of sp³-hybridized carbons (Fsp3) is 0.312. The molecule has 4 rings (SSSR count). The minimum absolute atomic E-state index is 0.0468. The van der Waals surface area contributed by atoms with Crippen LogP contribution in [0.5, 0.6) is 0 Å². The molecule has 23 heavy (non-hydrogen) atoms. The van der Waals surface area contributed by atoms with Crippen molar-refractivity contribution in [1.82, 2.24) is 15.5 Å². The molecule has 0 bridgehead atoms. The zero-order valence-electron chi connectivity index (χ0n) is 12.2. The molecule has 2 N–H and O–H groups in total. The van der Waals surface area contributed by atoms with E-state index in [9.17, 15) is 14.4 Å². The number of thiophene rings is 1. The second-order valence-corrected chi connectivity index (χ2v) is 6.74. The van der Waals surface area contributed by atoms with Gasteiger partial charge in [0.2, 0.25) is 11.8 Å². The van der Waals surface area contributed by atoms with Crippen molar-refractivity contribution in [2.75, 3.05) is 13.1 Å². The summed E-state index contributed by atoms with van der Waals surface area (Å²) in [4.78, 5) is 37.8. The third-order valence-electron chi connectivity index (χ3n) is 4.40. The molecule has 2 fully saturated rings. The molecular formula is C16H15N3O3S. The van der Waals surface area contributed by atoms with E-state index >= 15 is 0 Å². The van der Waals surface area contributed by atoms with Crippen LogP contribution in [0.1, 0.15) is 16.8 Å². The first-order chi connectivity index (χ1) is 11.1. The number of fused-ring (bicyclic) bond motifs is 2. The van der Waals surface area contributed by atoms with Gasteiger partial charge in [0.15, 0.2) is 0 Å². The Balaban J connectivity index is 1.51. The van der Waals surface area contributed by atoms with Gasteiger partial charge in [-0.3, -0.25) is 14.4 Å². The molecule has 3 amide bonds. The lowest BCUT2D eigenvalue weighted by Gasteiger charge is -2.28. The maximum atomic E-state index is 12.5. The number of hydrogen-bond donors (Lipinski definition) is 2. The van der Waals surface area contributed by atoms with Gasteiger partial charge in [-0.25, -0.2) is 0 Å². The molecule has 1 aromatic heterocycles. The van der Waals surface area contributed by atoms with Crippen molar-refractivity contribution in [2.24, 2.45) is 0 Å². The highest BCUT2D eigenvalue weighted by molar-refractivity contribution is 7.17. The Labute approximate surface area is 136 Å². The van der Waals surface area contributed by atoms with Crippen LogP contribution in [0.15, 0.2) is 29.6 Å². The summed E-state index contributed by atoms with van der Waals surface area (Å²) in [5, 5.41) is 8.33. The minimum Gasteiger partial charge on any atom is -0.347 e. The van der Waals surface area contributed by atoms with Gasteiger partial charge in [0.05, 0.1) is 12.1 Å². The van der Waals surface area contributed by atoms with Gasteiger partial charge >= 0.3 is 0 Å². The van der Waals surface area contributed by atoms with Gasteiger partial charge in [-0.05, 0) is 12.5 Å². The number of rotatable bonds is 2. The molecule has 0 aliphatic carbocycles. The van der Waals surface area contributed by atoms with Crippen LogP contribution in [0.3, 0.4) is 0 Å². The number of hydrogen-bond acceptors (Lipinski definition) is 4. The van der Waals surface area contributed by atoms with Gasteiger partial charge in [-0.15, -0.1) is 11.3 Å². The number of piperazine rings is 1. The lowest BCUT2D eigenvalue weighted by molar-refractivity contribution is -0.143. The lowest BCUT2D eigenvalue weighted by atomic mass is 10.1. The summed E-state index contributed by atoms with van der Waals surface area (Å²) in [5.74, 6) is -0.380. The molecule has 0 radical (unpaired) electrons. The molecule has 0 unspecified atom stereocenters. The monoisotopic (exact) mass is 329 g/mol. The van der Waals surface area contributed by atoms with Crippen LogP contribution in [0.25, 0.3) is 10.1 Å². The first kappa shape index (κ1) is 14.2. The Bertz CT molecular complexity index is 792. The number of amides is 3. The molecular weight excluding hydrogens is 314 g/mol. The van der Waals surface area contributed by atoms with E-state index in [0.717, 1.165) is 10.1 Å². The highest BCUT2D eigenvalue weighted by atomic mass is 32.1. The highest BCUT2D eigenvalue weighted by Gasteiger charge is 2.42. The van der Waals surface area contributed by atoms with Gasteiger partial charge < -0.3 is 15.5 Å². The second kappa shape index (κ2) is 5.34. The predicted octanol–water partition coefficient (Wildman–Crippen LogP) is 0.730. The second-order valence-electron chi connectivity index (χ2n) is 5.83. The van der Waals surface area contributed by atoms with Crippen LogP contribution in [-0.4, -0.2) is 47.8 Å². The average molecular weight is 329 g/mol. The van der Waals surface area contributed by atoms with Crippen LogP contribution in [0, 0.1) is 0 Å². The smallest absolute Gasteiger partial charge is 0.253 e. The van der Waals surface area contributed by atoms with Gasteiger partial charge in [0, 0.05) is 28.1 Å². The van der Waals surface area contributed by atoms with Gasteiger partial charge in [-0.1, -0.05) is 18.2 Å². The first-order valence-electron chi connectivity index (χ1n) is 7.48. The number of nitrogens with one attached hydrogen (secondary N) is 2. The maximum Gasteiger partial charge on any atom is 0.253 e. The lowest BCUT2D eigenvalue weighted by Crippen LogP contribution is -2.55. The number of benzene rings is 1. The number of carbonyl (C=O) groups is 3. The number of nitrogens with zero attached hydrogens (tertiary/aromatic N) is 1. The Kier molecular flexibility index (Phi) is 3.30. The van der Waals surface area contributed by atoms with Crippen molar-refractivity contribution in [3.05, 3.63) is 35.2 Å². The molecule has 7 heteroatoms. The summed E-state index contributed by atoms with van der Waals surface area (Å²) >= 11 is 1.53. The van der Waals surface area contributed by atoms with E-state index in [1.807, 2.05) is 29.6 Å². The predicted molar refractivity (Wildman–Crippen MR) is 86.2 cm³/mol. The van der Waals surface area contributed by atoms with E-state index in [1.165, 1.54) is 11.3 Å². The van der Waals surface area contributed by atoms with Crippen molar-refractivity contribution >= 4 is 39.1 Å². The largest absolute Gasteiger partial charge is 0.347 e. The van der Waals surface area contributed by atoms with Gasteiger partial charge in [-0.2, -0.15) is 0 Å². The van der Waals surface area contributed by atoms with Gasteiger partial charge in [0.25, 0.3) is 5.91 Å². The number of carbonyl (C=O) groups excluding carboxylic acids is 3. The molecule has 3 heterocycles. The Morgan fingerprint density at radius 1 is 1.30 bits per heavy atom. The Morgan fingerprint density at radius 3 is 2.96 bits per heavy atom. The summed E-state index contributed by atoms with van der Waals surface area (Å²) in [6.07, 6.45) is 0.464. The summed E-state index contributed by atoms with van der Waals surface area (Å²) < 4.78 is 1.07. The maximum absolute atomic E-state index is 12.5. The molecule has 1 aromatic carbocycles. The summed E-state index contributed by atoms with van der Waals surface area (Å²) in [5.41, 5.74) is 0.645. The molecule has 2 aliphatic rings. The van der Waals surface area contributed by atoms with Crippen LogP contribution in [-0.2, 0) is 9.59 Å². The molecule has 0 spiro atoms. The normalized spacial score (nSPS) is 23.7. The third-order valence-corrected chi connectivity index (χ3v) is 5.36. The Morgan fingerprint density at radius 2 is 2.13 bits per heavy atom. The molecule has 2 aliphatic heterocycles. The van der Waals surface area contributed by atoms with E-state index in [0.29, 0.717) is 18.5 Å². The van der Waals surface area contributed by atoms with Crippen LogP contribution in [0.2, 0.25) is 0 Å². The zero-order chi connectivity index (χ0) is 16.0. The summed E-state index contributed by atoms with van der Waals surface area (Å²) in [6, 6.07) is 7.11. The standard InChI is InChI=1S/C16H15N3O3S/c20-14-6-17-16(22)12-5-9(7-19(12)14)18-15(21)11-8-23-13-4-2-1-3-10(11)13/h1-4,8-9,12H,5-7H2,(H,17,22)(H,18,21)/t9-,12+/m1/s1. The molecule has 118 valence electrons. The zero-order valence-corrected chi connectivity index (χ0v) is 13.1. The minimum atomic E-state index is -0.458.